The van der Waals surface area contributed by atoms with Gasteiger partial charge in [0, 0.05) is 11.7 Å². The summed E-state index contributed by atoms with van der Waals surface area (Å²) in [6, 6.07) is 6.01. The van der Waals surface area contributed by atoms with Crippen molar-refractivity contribution in [3.8, 4) is 5.82 Å². The summed E-state index contributed by atoms with van der Waals surface area (Å²) in [5, 5.41) is 16.2. The van der Waals surface area contributed by atoms with Crippen molar-refractivity contribution in [1.82, 2.24) is 20.0 Å². The molecule has 122 valence electrons. The van der Waals surface area contributed by atoms with Crippen LogP contribution in [0.2, 0.25) is 0 Å². The number of nitrogens with one attached hydrogen (secondary N) is 1. The largest absolute Gasteiger partial charge is 0.469 e. The first-order chi connectivity index (χ1) is 11.1. The van der Waals surface area contributed by atoms with Gasteiger partial charge in [-0.25, -0.2) is 4.68 Å². The number of carbonyl (C=O) groups is 1. The van der Waals surface area contributed by atoms with Gasteiger partial charge >= 0.3 is 5.97 Å². The normalized spacial score (nSPS) is 20.5. The highest BCUT2D eigenvalue weighted by atomic mass is 16.5. The third-order valence-electron chi connectivity index (χ3n) is 4.20. The fraction of sp³-hybridized carbons (Fsp3) is 0.500. The van der Waals surface area contributed by atoms with Crippen LogP contribution in [0.5, 0.6) is 0 Å². The zero-order valence-corrected chi connectivity index (χ0v) is 13.6. The van der Waals surface area contributed by atoms with Gasteiger partial charge in [0.15, 0.2) is 5.82 Å². The zero-order chi connectivity index (χ0) is 16.4. The lowest BCUT2D eigenvalue weighted by Gasteiger charge is -2.13. The molecule has 23 heavy (non-hydrogen) atoms. The van der Waals surface area contributed by atoms with Crippen LogP contribution < -0.4 is 5.32 Å². The molecule has 0 aliphatic heterocycles. The van der Waals surface area contributed by atoms with E-state index in [4.69, 9.17) is 4.74 Å². The predicted octanol–water partition coefficient (Wildman–Crippen LogP) is 2.03. The molecule has 2 atom stereocenters. The van der Waals surface area contributed by atoms with E-state index in [1.54, 1.807) is 4.68 Å². The minimum atomic E-state index is -0.125. The van der Waals surface area contributed by atoms with E-state index in [0.717, 1.165) is 30.7 Å². The van der Waals surface area contributed by atoms with Crippen LogP contribution in [0.1, 0.15) is 30.7 Å². The van der Waals surface area contributed by atoms with E-state index in [-0.39, 0.29) is 17.9 Å². The molecule has 2 aromatic rings. The SMILES string of the molecule is COC(=O)[C@H]1CC[C@@H](Nc2ccc(-n3nc(C)cc3C)nn2)C1. The Labute approximate surface area is 135 Å². The number of nitrogens with zero attached hydrogens (tertiary/aromatic N) is 4. The molecule has 7 nitrogen and oxygen atoms in total. The Balaban J connectivity index is 1.64. The lowest BCUT2D eigenvalue weighted by Crippen LogP contribution is -2.19. The Kier molecular flexibility index (Phi) is 4.27. The molecule has 2 heterocycles. The highest BCUT2D eigenvalue weighted by molar-refractivity contribution is 5.72. The summed E-state index contributed by atoms with van der Waals surface area (Å²) in [5.74, 6) is 1.27. The van der Waals surface area contributed by atoms with Crippen molar-refractivity contribution in [3.05, 3.63) is 29.6 Å². The number of aryl methyl sites for hydroxylation is 2. The number of aromatic nitrogens is 4. The molecule has 7 heteroatoms. The molecule has 0 saturated heterocycles. The van der Waals surface area contributed by atoms with Gasteiger partial charge in [-0.3, -0.25) is 4.79 Å². The Morgan fingerprint density at radius 3 is 2.74 bits per heavy atom. The fourth-order valence-corrected chi connectivity index (χ4v) is 3.08. The number of hydrogen-bond acceptors (Lipinski definition) is 6. The summed E-state index contributed by atoms with van der Waals surface area (Å²) in [6.45, 7) is 3.93. The number of hydrogen-bond donors (Lipinski definition) is 1. The average Bonchev–Trinajstić information content (AvgIpc) is 3.14. The standard InChI is InChI=1S/C16H21N5O2/c1-10-8-11(2)21(20-10)15-7-6-14(18-19-15)17-13-5-4-12(9-13)16(22)23-3/h6-8,12-13H,4-5,9H2,1-3H3,(H,17,18)/t12-,13+/m0/s1. The van der Waals surface area contributed by atoms with Crippen molar-refractivity contribution in [2.75, 3.05) is 12.4 Å². The Morgan fingerprint density at radius 2 is 2.13 bits per heavy atom. The molecule has 0 unspecified atom stereocenters. The lowest BCUT2D eigenvalue weighted by atomic mass is 10.1. The molecule has 0 radical (unpaired) electrons. The summed E-state index contributed by atoms with van der Waals surface area (Å²) in [7, 11) is 1.44. The number of esters is 1. The number of rotatable bonds is 4. The van der Waals surface area contributed by atoms with Gasteiger partial charge in [-0.15, -0.1) is 10.2 Å². The van der Waals surface area contributed by atoms with Crippen molar-refractivity contribution >= 4 is 11.8 Å². The summed E-state index contributed by atoms with van der Waals surface area (Å²) in [6.07, 6.45) is 2.55. The molecule has 0 bridgehead atoms. The number of methoxy groups -OCH3 is 1. The van der Waals surface area contributed by atoms with E-state index < -0.39 is 0 Å². The monoisotopic (exact) mass is 315 g/mol. The minimum absolute atomic E-state index is 0.0144. The van der Waals surface area contributed by atoms with Crippen molar-refractivity contribution in [1.29, 1.82) is 0 Å². The van der Waals surface area contributed by atoms with Crippen LogP contribution in [0.3, 0.4) is 0 Å². The van der Waals surface area contributed by atoms with Crippen LogP contribution in [-0.2, 0) is 9.53 Å². The molecule has 1 saturated carbocycles. The predicted molar refractivity (Wildman–Crippen MR) is 85.4 cm³/mol. The average molecular weight is 315 g/mol. The molecule has 1 aliphatic rings. The third kappa shape index (κ3) is 3.33. The summed E-state index contributed by atoms with van der Waals surface area (Å²) < 4.78 is 6.58. The van der Waals surface area contributed by atoms with E-state index in [9.17, 15) is 4.79 Å². The molecule has 1 aliphatic carbocycles. The molecule has 0 spiro atoms. The van der Waals surface area contributed by atoms with Crippen LogP contribution in [0.4, 0.5) is 5.82 Å². The van der Waals surface area contributed by atoms with Gasteiger partial charge in [-0.1, -0.05) is 0 Å². The van der Waals surface area contributed by atoms with E-state index in [0.29, 0.717) is 11.6 Å². The third-order valence-corrected chi connectivity index (χ3v) is 4.20. The van der Waals surface area contributed by atoms with E-state index >= 15 is 0 Å². The highest BCUT2D eigenvalue weighted by Crippen LogP contribution is 2.28. The Morgan fingerprint density at radius 1 is 1.30 bits per heavy atom. The van der Waals surface area contributed by atoms with Crippen LogP contribution in [0, 0.1) is 19.8 Å². The van der Waals surface area contributed by atoms with Crippen molar-refractivity contribution < 1.29 is 9.53 Å². The van der Waals surface area contributed by atoms with Gasteiger partial charge in [0.05, 0.1) is 18.7 Å². The highest BCUT2D eigenvalue weighted by Gasteiger charge is 2.30. The first kappa shape index (κ1) is 15.5. The molecule has 1 fully saturated rings. The van der Waals surface area contributed by atoms with Crippen molar-refractivity contribution in [3.63, 3.8) is 0 Å². The smallest absolute Gasteiger partial charge is 0.308 e. The Hall–Kier alpha value is -2.44. The number of anilines is 1. The molecular formula is C16H21N5O2. The van der Waals surface area contributed by atoms with Gasteiger partial charge in [0.2, 0.25) is 0 Å². The molecular weight excluding hydrogens is 294 g/mol. The molecule has 3 rings (SSSR count). The quantitative estimate of drug-likeness (QED) is 0.869. The van der Waals surface area contributed by atoms with Gasteiger partial charge < -0.3 is 10.1 Å². The number of ether oxygens (including phenoxy) is 1. The van der Waals surface area contributed by atoms with Gasteiger partial charge in [-0.05, 0) is 51.3 Å². The number of carbonyl (C=O) groups excluding carboxylic acids is 1. The van der Waals surface area contributed by atoms with Gasteiger partial charge in [-0.2, -0.15) is 5.10 Å². The first-order valence-corrected chi connectivity index (χ1v) is 7.78. The second-order valence-electron chi connectivity index (χ2n) is 5.99. The maximum absolute atomic E-state index is 11.6. The topological polar surface area (TPSA) is 81.9 Å². The summed E-state index contributed by atoms with van der Waals surface area (Å²) in [5.41, 5.74) is 1.97. The van der Waals surface area contributed by atoms with Crippen LogP contribution in [-0.4, -0.2) is 39.1 Å². The van der Waals surface area contributed by atoms with Crippen molar-refractivity contribution in [2.45, 2.75) is 39.2 Å². The fourth-order valence-electron chi connectivity index (χ4n) is 3.08. The molecule has 0 amide bonds. The summed E-state index contributed by atoms with van der Waals surface area (Å²) in [4.78, 5) is 11.6. The van der Waals surface area contributed by atoms with E-state index in [2.05, 4.69) is 20.6 Å². The maximum Gasteiger partial charge on any atom is 0.308 e. The zero-order valence-electron chi connectivity index (χ0n) is 13.6. The molecule has 0 aromatic carbocycles. The minimum Gasteiger partial charge on any atom is -0.469 e. The van der Waals surface area contributed by atoms with Crippen LogP contribution in [0.15, 0.2) is 18.2 Å². The molecule has 2 aromatic heterocycles. The summed E-state index contributed by atoms with van der Waals surface area (Å²) >= 11 is 0. The molecule has 1 N–H and O–H groups in total. The van der Waals surface area contributed by atoms with E-state index in [1.807, 2.05) is 32.0 Å². The second kappa shape index (κ2) is 6.36. The maximum atomic E-state index is 11.6. The van der Waals surface area contributed by atoms with Crippen molar-refractivity contribution in [2.24, 2.45) is 5.92 Å². The first-order valence-electron chi connectivity index (χ1n) is 7.78. The lowest BCUT2D eigenvalue weighted by molar-refractivity contribution is -0.145. The second-order valence-corrected chi connectivity index (χ2v) is 5.99. The van der Waals surface area contributed by atoms with Gasteiger partial charge in [0.1, 0.15) is 5.82 Å². The van der Waals surface area contributed by atoms with Gasteiger partial charge in [0.25, 0.3) is 0 Å². The van der Waals surface area contributed by atoms with E-state index in [1.165, 1.54) is 7.11 Å². The Bertz CT molecular complexity index is 695. The van der Waals surface area contributed by atoms with Crippen LogP contribution in [0.25, 0.3) is 5.82 Å². The van der Waals surface area contributed by atoms with Crippen LogP contribution >= 0.6 is 0 Å².